The van der Waals surface area contributed by atoms with Gasteiger partial charge in [0.05, 0.1) is 19.8 Å². The third-order valence-corrected chi connectivity index (χ3v) is 4.70. The molecular formula is C20H21NO5. The molecule has 0 aliphatic carbocycles. The van der Waals surface area contributed by atoms with Crippen molar-refractivity contribution in [2.24, 2.45) is 0 Å². The summed E-state index contributed by atoms with van der Waals surface area (Å²) in [5.41, 5.74) is 1.72. The fraction of sp³-hybridized carbons (Fsp3) is 0.300. The number of carbonyl (C=O) groups excluding carboxylic acids is 1. The molecule has 0 unspecified atom stereocenters. The number of hydrogen-bond donors (Lipinski definition) is 1. The number of aliphatic carboxylic acids is 1. The highest BCUT2D eigenvalue weighted by Crippen LogP contribution is 2.42. The Bertz CT molecular complexity index is 802. The van der Waals surface area contributed by atoms with Crippen molar-refractivity contribution in [2.45, 2.75) is 12.0 Å². The van der Waals surface area contributed by atoms with E-state index in [1.165, 1.54) is 0 Å². The van der Waals surface area contributed by atoms with E-state index in [1.54, 1.807) is 67.7 Å². The van der Waals surface area contributed by atoms with Gasteiger partial charge in [-0.3, -0.25) is 9.59 Å². The van der Waals surface area contributed by atoms with Crippen LogP contribution in [0.1, 0.15) is 33.4 Å². The number of nitrogens with zero attached hydrogens (tertiary/aromatic N) is 1. The smallest absolute Gasteiger partial charge is 0.313 e. The van der Waals surface area contributed by atoms with Crippen LogP contribution in [0.25, 0.3) is 0 Å². The van der Waals surface area contributed by atoms with E-state index in [0.717, 1.165) is 5.56 Å². The number of benzene rings is 2. The van der Waals surface area contributed by atoms with E-state index in [-0.39, 0.29) is 5.91 Å². The van der Waals surface area contributed by atoms with E-state index >= 15 is 0 Å². The summed E-state index contributed by atoms with van der Waals surface area (Å²) in [5, 5.41) is 9.95. The van der Waals surface area contributed by atoms with Crippen LogP contribution < -0.4 is 4.74 Å². The van der Waals surface area contributed by atoms with Crippen LogP contribution in [0.15, 0.2) is 48.5 Å². The molecule has 0 fully saturated rings. The van der Waals surface area contributed by atoms with E-state index in [0.29, 0.717) is 30.0 Å². The third-order valence-electron chi connectivity index (χ3n) is 4.70. The predicted molar refractivity (Wildman–Crippen MR) is 95.5 cm³/mol. The van der Waals surface area contributed by atoms with Crippen LogP contribution in [0.3, 0.4) is 0 Å². The Hall–Kier alpha value is -2.86. The average molecular weight is 355 g/mol. The number of rotatable bonds is 6. The van der Waals surface area contributed by atoms with Crippen molar-refractivity contribution in [2.75, 3.05) is 27.4 Å². The number of ether oxygens (including phenoxy) is 2. The first kappa shape index (κ1) is 17.9. The zero-order valence-corrected chi connectivity index (χ0v) is 14.7. The van der Waals surface area contributed by atoms with Gasteiger partial charge in [0, 0.05) is 19.2 Å². The van der Waals surface area contributed by atoms with Gasteiger partial charge in [0.25, 0.3) is 5.91 Å². The van der Waals surface area contributed by atoms with E-state index in [4.69, 9.17) is 9.47 Å². The van der Waals surface area contributed by atoms with Crippen molar-refractivity contribution < 1.29 is 24.2 Å². The molecule has 1 amide bonds. The topological polar surface area (TPSA) is 76.1 Å². The summed E-state index contributed by atoms with van der Waals surface area (Å²) in [6.45, 7) is 0.636. The lowest BCUT2D eigenvalue weighted by molar-refractivity contribution is -0.140. The Kier molecular flexibility index (Phi) is 5.23. The maximum absolute atomic E-state index is 13.1. The maximum atomic E-state index is 13.1. The molecule has 2 atom stereocenters. The lowest BCUT2D eigenvalue weighted by Gasteiger charge is -2.40. The highest BCUT2D eigenvalue weighted by molar-refractivity contribution is 6.00. The van der Waals surface area contributed by atoms with Gasteiger partial charge in [-0.15, -0.1) is 0 Å². The molecule has 0 saturated heterocycles. The molecule has 1 heterocycles. The Morgan fingerprint density at radius 2 is 1.81 bits per heavy atom. The van der Waals surface area contributed by atoms with Gasteiger partial charge < -0.3 is 19.5 Å². The molecule has 3 rings (SSSR count). The van der Waals surface area contributed by atoms with Gasteiger partial charge in [-0.1, -0.05) is 30.3 Å². The molecule has 0 aromatic heterocycles. The molecule has 26 heavy (non-hydrogen) atoms. The zero-order valence-electron chi connectivity index (χ0n) is 14.7. The van der Waals surface area contributed by atoms with Crippen molar-refractivity contribution in [1.82, 2.24) is 4.90 Å². The maximum Gasteiger partial charge on any atom is 0.313 e. The molecule has 6 heteroatoms. The van der Waals surface area contributed by atoms with Gasteiger partial charge in [-0.25, -0.2) is 0 Å². The molecule has 0 radical (unpaired) electrons. The van der Waals surface area contributed by atoms with Gasteiger partial charge in [0.1, 0.15) is 11.7 Å². The van der Waals surface area contributed by atoms with Crippen molar-refractivity contribution in [1.29, 1.82) is 0 Å². The molecule has 0 saturated carbocycles. The summed E-state index contributed by atoms with van der Waals surface area (Å²) in [6.07, 6.45) is 0. The van der Waals surface area contributed by atoms with E-state index in [2.05, 4.69) is 0 Å². The number of carboxylic acid groups (broad SMARTS) is 1. The van der Waals surface area contributed by atoms with Gasteiger partial charge in [0.2, 0.25) is 0 Å². The number of carbonyl (C=O) groups is 2. The highest BCUT2D eigenvalue weighted by Gasteiger charge is 2.43. The Balaban J connectivity index is 2.14. The monoisotopic (exact) mass is 355 g/mol. The summed E-state index contributed by atoms with van der Waals surface area (Å²) in [5.74, 6) is -1.33. The molecule has 0 spiro atoms. The molecular weight excluding hydrogens is 334 g/mol. The number of hydrogen-bond acceptors (Lipinski definition) is 4. The van der Waals surface area contributed by atoms with Crippen LogP contribution >= 0.6 is 0 Å². The fourth-order valence-electron chi connectivity index (χ4n) is 3.47. The van der Waals surface area contributed by atoms with Gasteiger partial charge in [0.15, 0.2) is 0 Å². The Labute approximate surface area is 152 Å². The van der Waals surface area contributed by atoms with Crippen LogP contribution in [-0.4, -0.2) is 49.3 Å². The largest absolute Gasteiger partial charge is 0.497 e. The number of carboxylic acids is 1. The molecule has 2 aromatic carbocycles. The minimum atomic E-state index is -0.965. The number of fused-ring (bicyclic) bond motifs is 1. The second-order valence-electron chi connectivity index (χ2n) is 6.11. The summed E-state index contributed by atoms with van der Waals surface area (Å²) in [4.78, 5) is 26.8. The summed E-state index contributed by atoms with van der Waals surface area (Å²) < 4.78 is 10.3. The van der Waals surface area contributed by atoms with Crippen molar-refractivity contribution in [3.8, 4) is 5.75 Å². The zero-order chi connectivity index (χ0) is 18.7. The standard InChI is InChI=1S/C20H21NO5/c1-25-12-11-21-18(13-7-9-14(26-2)10-8-13)17(20(23)24)15-5-3-4-6-16(15)19(21)22/h3-10,17-18H,11-12H2,1-2H3,(H,23,24)/t17-,18-/m1/s1. The molecule has 136 valence electrons. The van der Waals surface area contributed by atoms with E-state index < -0.39 is 17.9 Å². The summed E-state index contributed by atoms with van der Waals surface area (Å²) >= 11 is 0. The molecule has 2 aromatic rings. The van der Waals surface area contributed by atoms with Crippen LogP contribution in [0.5, 0.6) is 5.75 Å². The minimum absolute atomic E-state index is 0.184. The number of amides is 1. The second kappa shape index (κ2) is 7.58. The molecule has 6 nitrogen and oxygen atoms in total. The third kappa shape index (κ3) is 3.15. The average Bonchev–Trinajstić information content (AvgIpc) is 2.67. The van der Waals surface area contributed by atoms with E-state index in [1.807, 2.05) is 0 Å². The van der Waals surface area contributed by atoms with Gasteiger partial charge in [-0.05, 0) is 29.3 Å². The highest BCUT2D eigenvalue weighted by atomic mass is 16.5. The van der Waals surface area contributed by atoms with Gasteiger partial charge in [-0.2, -0.15) is 0 Å². The number of methoxy groups -OCH3 is 2. The van der Waals surface area contributed by atoms with Crippen molar-refractivity contribution >= 4 is 11.9 Å². The van der Waals surface area contributed by atoms with Crippen molar-refractivity contribution in [3.05, 3.63) is 65.2 Å². The minimum Gasteiger partial charge on any atom is -0.497 e. The van der Waals surface area contributed by atoms with E-state index in [9.17, 15) is 14.7 Å². The van der Waals surface area contributed by atoms with Gasteiger partial charge >= 0.3 is 5.97 Å². The normalized spacial score (nSPS) is 19.2. The van der Waals surface area contributed by atoms with Crippen LogP contribution in [0.2, 0.25) is 0 Å². The van der Waals surface area contributed by atoms with Crippen LogP contribution in [0, 0.1) is 0 Å². The molecule has 0 bridgehead atoms. The molecule has 1 aliphatic rings. The SMILES string of the molecule is COCCN1C(=O)c2ccccc2[C@@H](C(=O)O)[C@H]1c1ccc(OC)cc1. The predicted octanol–water partition coefficient (Wildman–Crippen LogP) is 2.71. The lowest BCUT2D eigenvalue weighted by atomic mass is 9.80. The summed E-state index contributed by atoms with van der Waals surface area (Å²) in [6, 6.07) is 13.4. The molecule has 1 N–H and O–H groups in total. The first-order valence-electron chi connectivity index (χ1n) is 8.34. The lowest BCUT2D eigenvalue weighted by Crippen LogP contribution is -2.46. The second-order valence-corrected chi connectivity index (χ2v) is 6.11. The quantitative estimate of drug-likeness (QED) is 0.862. The first-order valence-corrected chi connectivity index (χ1v) is 8.34. The van der Waals surface area contributed by atoms with Crippen molar-refractivity contribution in [3.63, 3.8) is 0 Å². The first-order chi connectivity index (χ1) is 12.6. The Morgan fingerprint density at radius 3 is 2.42 bits per heavy atom. The molecule has 1 aliphatic heterocycles. The Morgan fingerprint density at radius 1 is 1.12 bits per heavy atom. The van der Waals surface area contributed by atoms with Crippen LogP contribution in [-0.2, 0) is 9.53 Å². The fourth-order valence-corrected chi connectivity index (χ4v) is 3.47. The van der Waals surface area contributed by atoms with Crippen LogP contribution in [0.4, 0.5) is 0 Å². The summed E-state index contributed by atoms with van der Waals surface area (Å²) in [7, 11) is 3.12.